The number of nitrogens with zero attached hydrogens (tertiary/aromatic N) is 2. The predicted octanol–water partition coefficient (Wildman–Crippen LogP) is 3.87. The number of rotatable bonds is 7. The number of benzene rings is 2. The molecule has 1 aliphatic heterocycles. The summed E-state index contributed by atoms with van der Waals surface area (Å²) in [5, 5.41) is 12.0. The van der Waals surface area contributed by atoms with Gasteiger partial charge in [-0.25, -0.2) is 4.39 Å². The molecule has 0 bridgehead atoms. The molecule has 3 aromatic rings. The lowest BCUT2D eigenvalue weighted by Gasteiger charge is -2.58. The van der Waals surface area contributed by atoms with Gasteiger partial charge in [0.25, 0.3) is 5.56 Å². The van der Waals surface area contributed by atoms with E-state index in [1.54, 1.807) is 19.3 Å². The van der Waals surface area contributed by atoms with Crippen LogP contribution >= 0.6 is 11.6 Å². The summed E-state index contributed by atoms with van der Waals surface area (Å²) in [6.45, 7) is 3.41. The zero-order chi connectivity index (χ0) is 24.0. The Balaban J connectivity index is 1.12. The fourth-order valence-electron chi connectivity index (χ4n) is 5.19. The molecule has 7 nitrogen and oxygen atoms in total. The molecular weight excluding hydrogens is 457 g/mol. The smallest absolute Gasteiger partial charge is 0.259 e. The first-order valence-corrected chi connectivity index (χ1v) is 11.7. The minimum atomic E-state index is -0.403. The van der Waals surface area contributed by atoms with Crippen LogP contribution in [0.15, 0.2) is 41.3 Å². The normalized spacial score (nSPS) is 17.4. The van der Waals surface area contributed by atoms with Gasteiger partial charge < -0.3 is 30.7 Å². The van der Waals surface area contributed by atoms with Crippen molar-refractivity contribution < 1.29 is 9.13 Å². The van der Waals surface area contributed by atoms with Crippen LogP contribution in [0.1, 0.15) is 18.4 Å². The standard InChI is InChI=1S/C25H27ClFN5O2/c1-31-6-4-17-22(3-2-18(26)23(17)24(31)33)34-16-10-25(11-16)13-32(14-25)7-5-30-21-9-20(29)15(12-28)8-19(21)27/h2-4,6,8-9,12,16,28,30H,5,7,10-11,13-14,29H2,1H3. The number of hydrogen-bond donors (Lipinski definition) is 3. The van der Waals surface area contributed by atoms with Crippen LogP contribution in [0.4, 0.5) is 15.8 Å². The van der Waals surface area contributed by atoms with Gasteiger partial charge in [-0.1, -0.05) is 11.6 Å². The first-order valence-electron chi connectivity index (χ1n) is 11.3. The van der Waals surface area contributed by atoms with Crippen molar-refractivity contribution in [3.63, 3.8) is 0 Å². The van der Waals surface area contributed by atoms with Crippen LogP contribution in [0, 0.1) is 16.6 Å². The summed E-state index contributed by atoms with van der Waals surface area (Å²) in [4.78, 5) is 14.8. The Labute approximate surface area is 201 Å². The highest BCUT2D eigenvalue weighted by atomic mass is 35.5. The minimum absolute atomic E-state index is 0.123. The van der Waals surface area contributed by atoms with Gasteiger partial charge in [-0.15, -0.1) is 0 Å². The molecule has 1 saturated heterocycles. The van der Waals surface area contributed by atoms with E-state index in [1.807, 2.05) is 12.1 Å². The lowest BCUT2D eigenvalue weighted by atomic mass is 9.62. The van der Waals surface area contributed by atoms with Gasteiger partial charge >= 0.3 is 0 Å². The number of aromatic nitrogens is 1. The van der Waals surface area contributed by atoms with Gasteiger partial charge in [-0.3, -0.25) is 4.79 Å². The summed E-state index contributed by atoms with van der Waals surface area (Å²) in [7, 11) is 1.71. The largest absolute Gasteiger partial charge is 0.490 e. The number of nitrogens with one attached hydrogen (secondary N) is 2. The number of nitrogens with two attached hydrogens (primary N) is 1. The summed E-state index contributed by atoms with van der Waals surface area (Å²) >= 11 is 6.28. The number of ether oxygens (including phenoxy) is 1. The van der Waals surface area contributed by atoms with E-state index in [4.69, 9.17) is 27.5 Å². The number of halogens is 2. The molecule has 34 heavy (non-hydrogen) atoms. The summed E-state index contributed by atoms with van der Waals surface area (Å²) in [5.74, 6) is 0.298. The molecule has 178 valence electrons. The van der Waals surface area contributed by atoms with Crippen LogP contribution in [0.5, 0.6) is 5.75 Å². The Bertz CT molecular complexity index is 1330. The minimum Gasteiger partial charge on any atom is -0.490 e. The molecular formula is C25H27ClFN5O2. The molecule has 1 aromatic heterocycles. The summed E-state index contributed by atoms with van der Waals surface area (Å²) in [5.41, 5.74) is 7.12. The molecule has 0 amide bonds. The Morgan fingerprint density at radius 3 is 2.82 bits per heavy atom. The molecule has 4 N–H and O–H groups in total. The molecule has 1 spiro atoms. The van der Waals surface area contributed by atoms with Gasteiger partial charge in [0.2, 0.25) is 0 Å². The molecule has 2 heterocycles. The van der Waals surface area contributed by atoms with Crippen molar-refractivity contribution in [2.75, 3.05) is 37.2 Å². The average Bonchev–Trinajstić information content (AvgIpc) is 2.76. The molecule has 0 radical (unpaired) electrons. The van der Waals surface area contributed by atoms with Gasteiger partial charge in [0, 0.05) is 67.7 Å². The maximum Gasteiger partial charge on any atom is 0.259 e. The van der Waals surface area contributed by atoms with Crippen molar-refractivity contribution in [3.05, 3.63) is 63.3 Å². The van der Waals surface area contributed by atoms with Crippen LogP contribution < -0.4 is 21.3 Å². The summed E-state index contributed by atoms with van der Waals surface area (Å²) in [6.07, 6.45) is 4.85. The molecule has 1 aliphatic carbocycles. The maximum atomic E-state index is 14.1. The number of fused-ring (bicyclic) bond motifs is 1. The number of pyridine rings is 1. The predicted molar refractivity (Wildman–Crippen MR) is 134 cm³/mol. The number of anilines is 2. The van der Waals surface area contributed by atoms with Crippen molar-refractivity contribution in [3.8, 4) is 5.75 Å². The summed E-state index contributed by atoms with van der Waals surface area (Å²) < 4.78 is 21.9. The second kappa shape index (κ2) is 8.60. The van der Waals surface area contributed by atoms with Crippen molar-refractivity contribution in [2.24, 2.45) is 12.5 Å². The van der Waals surface area contributed by atoms with E-state index in [1.165, 1.54) is 16.7 Å². The Hall–Kier alpha value is -3.10. The zero-order valence-corrected chi connectivity index (χ0v) is 19.7. The zero-order valence-electron chi connectivity index (χ0n) is 18.9. The molecule has 0 atom stereocenters. The van der Waals surface area contributed by atoms with E-state index < -0.39 is 5.82 Å². The van der Waals surface area contributed by atoms with E-state index >= 15 is 0 Å². The monoisotopic (exact) mass is 483 g/mol. The Kier molecular flexibility index (Phi) is 5.73. The van der Waals surface area contributed by atoms with E-state index in [0.29, 0.717) is 39.6 Å². The number of aryl methyl sites for hydroxylation is 1. The number of nitrogen functional groups attached to an aromatic ring is 1. The third-order valence-electron chi connectivity index (χ3n) is 6.96. The highest BCUT2D eigenvalue weighted by Crippen LogP contribution is 2.50. The van der Waals surface area contributed by atoms with Crippen LogP contribution in [-0.2, 0) is 7.05 Å². The Morgan fingerprint density at radius 2 is 2.09 bits per heavy atom. The lowest BCUT2D eigenvalue weighted by molar-refractivity contribution is -0.117. The van der Waals surface area contributed by atoms with E-state index in [-0.39, 0.29) is 17.1 Å². The molecule has 2 fully saturated rings. The average molecular weight is 484 g/mol. The van der Waals surface area contributed by atoms with Crippen molar-refractivity contribution in [1.82, 2.24) is 9.47 Å². The highest BCUT2D eigenvalue weighted by Gasteiger charge is 2.53. The fraction of sp³-hybridized carbons (Fsp3) is 0.360. The van der Waals surface area contributed by atoms with Crippen LogP contribution in [0.3, 0.4) is 0 Å². The highest BCUT2D eigenvalue weighted by molar-refractivity contribution is 6.35. The quantitative estimate of drug-likeness (QED) is 0.350. The fourth-order valence-corrected chi connectivity index (χ4v) is 5.44. The van der Waals surface area contributed by atoms with E-state index in [2.05, 4.69) is 10.2 Å². The van der Waals surface area contributed by atoms with Crippen LogP contribution in [0.25, 0.3) is 10.8 Å². The van der Waals surface area contributed by atoms with Crippen LogP contribution in [0.2, 0.25) is 5.02 Å². The molecule has 0 unspecified atom stereocenters. The first-order chi connectivity index (χ1) is 16.3. The topological polar surface area (TPSA) is 96.4 Å². The number of likely N-dealkylation sites (tertiary alicyclic amines) is 1. The number of hydrogen-bond acceptors (Lipinski definition) is 6. The van der Waals surface area contributed by atoms with Crippen LogP contribution in [-0.4, -0.2) is 48.0 Å². The van der Waals surface area contributed by atoms with Crippen molar-refractivity contribution >= 4 is 40.0 Å². The SMILES string of the molecule is Cn1ccc2c(OC3CC4(C3)CN(CCNc3cc(N)c(C=N)cc3F)C4)ccc(Cl)c2c1=O. The van der Waals surface area contributed by atoms with E-state index in [0.717, 1.165) is 44.1 Å². The molecule has 2 aliphatic rings. The second-order valence-corrected chi connectivity index (χ2v) is 9.86. The van der Waals surface area contributed by atoms with Crippen molar-refractivity contribution in [2.45, 2.75) is 18.9 Å². The van der Waals surface area contributed by atoms with Gasteiger partial charge in [0.1, 0.15) is 11.6 Å². The molecule has 1 saturated carbocycles. The molecule has 5 rings (SSSR count). The van der Waals surface area contributed by atoms with Gasteiger partial charge in [-0.2, -0.15) is 0 Å². The third-order valence-corrected chi connectivity index (χ3v) is 7.27. The van der Waals surface area contributed by atoms with Gasteiger partial charge in [0.15, 0.2) is 0 Å². The second-order valence-electron chi connectivity index (χ2n) is 9.46. The molecule has 2 aromatic carbocycles. The van der Waals surface area contributed by atoms with E-state index in [9.17, 15) is 9.18 Å². The molecule has 9 heteroatoms. The van der Waals surface area contributed by atoms with Gasteiger partial charge in [0.05, 0.1) is 22.2 Å². The third kappa shape index (κ3) is 4.01. The summed E-state index contributed by atoms with van der Waals surface area (Å²) in [6, 6.07) is 8.26. The Morgan fingerprint density at radius 1 is 1.32 bits per heavy atom. The maximum absolute atomic E-state index is 14.1. The van der Waals surface area contributed by atoms with Gasteiger partial charge in [-0.05, 0) is 43.2 Å². The lowest BCUT2D eigenvalue weighted by Crippen LogP contribution is -2.65. The first kappa shape index (κ1) is 22.7. The van der Waals surface area contributed by atoms with Crippen molar-refractivity contribution in [1.29, 1.82) is 5.41 Å².